The highest BCUT2D eigenvalue weighted by atomic mass is 35.5. The van der Waals surface area contributed by atoms with Gasteiger partial charge in [-0.05, 0) is 51.9 Å². The van der Waals surface area contributed by atoms with Crippen molar-refractivity contribution < 1.29 is 14.3 Å². The summed E-state index contributed by atoms with van der Waals surface area (Å²) in [7, 11) is 1.60. The molecule has 0 bridgehead atoms. The lowest BCUT2D eigenvalue weighted by Gasteiger charge is -2.19. The van der Waals surface area contributed by atoms with Gasteiger partial charge in [0, 0.05) is 42.3 Å². The predicted octanol–water partition coefficient (Wildman–Crippen LogP) is 2.97. The zero-order valence-electron chi connectivity index (χ0n) is 22.2. The maximum atomic E-state index is 13.7. The molecule has 11 nitrogen and oxygen atoms in total. The van der Waals surface area contributed by atoms with Gasteiger partial charge in [0.05, 0.1) is 36.0 Å². The second-order valence-electron chi connectivity index (χ2n) is 9.72. The van der Waals surface area contributed by atoms with Crippen LogP contribution in [0.5, 0.6) is 5.75 Å². The molecule has 4 N–H and O–H groups in total. The minimum atomic E-state index is -0.334. The Hall–Kier alpha value is -3.96. The number of hydrogen-bond donors (Lipinski definition) is 3. The highest BCUT2D eigenvalue weighted by Crippen LogP contribution is 2.41. The number of nitrogens with two attached hydrogens (primary N) is 1. The molecule has 0 atom stereocenters. The first-order valence-corrected chi connectivity index (χ1v) is 13.2. The number of nitrogen functional groups attached to an aromatic ring is 1. The van der Waals surface area contributed by atoms with Gasteiger partial charge >= 0.3 is 0 Å². The highest BCUT2D eigenvalue weighted by Gasteiger charge is 2.37. The van der Waals surface area contributed by atoms with Gasteiger partial charge in [-0.1, -0.05) is 11.6 Å². The van der Waals surface area contributed by atoms with Gasteiger partial charge in [-0.15, -0.1) is 0 Å². The van der Waals surface area contributed by atoms with Crippen LogP contribution in [0.4, 0.5) is 11.8 Å². The van der Waals surface area contributed by atoms with Crippen LogP contribution in [-0.4, -0.2) is 69.9 Å². The Morgan fingerprint density at radius 2 is 2.05 bits per heavy atom. The number of anilines is 2. The second-order valence-corrected chi connectivity index (χ2v) is 10.1. The monoisotopic (exact) mass is 550 g/mol. The number of aromatic amines is 1. The summed E-state index contributed by atoms with van der Waals surface area (Å²) < 4.78 is 5.53. The lowest BCUT2D eigenvalue weighted by Crippen LogP contribution is -2.33. The summed E-state index contributed by atoms with van der Waals surface area (Å²) in [5.74, 6) is 0.450. The van der Waals surface area contributed by atoms with E-state index < -0.39 is 0 Å². The van der Waals surface area contributed by atoms with E-state index in [1.807, 2.05) is 13.8 Å². The number of rotatable bonds is 8. The van der Waals surface area contributed by atoms with Crippen molar-refractivity contribution >= 4 is 46.8 Å². The fraction of sp³-hybridized carbons (Fsp3) is 0.370. The molecule has 3 aromatic rings. The topological polar surface area (TPSA) is 142 Å². The van der Waals surface area contributed by atoms with Crippen LogP contribution >= 0.6 is 11.6 Å². The molecule has 2 amide bonds. The van der Waals surface area contributed by atoms with Gasteiger partial charge in [0.2, 0.25) is 5.95 Å². The fourth-order valence-electron chi connectivity index (χ4n) is 5.09. The molecule has 0 saturated carbocycles. The molecule has 0 unspecified atom stereocenters. The molecule has 2 aliphatic rings. The van der Waals surface area contributed by atoms with E-state index in [1.54, 1.807) is 31.6 Å². The number of pyridine rings is 1. The quantitative estimate of drug-likeness (QED) is 0.287. The normalized spacial score (nSPS) is 16.3. The molecule has 1 fully saturated rings. The molecule has 0 spiro atoms. The molecule has 5 heterocycles. The zero-order chi connectivity index (χ0) is 27.7. The van der Waals surface area contributed by atoms with Crippen LogP contribution in [0.1, 0.15) is 51.3 Å². The van der Waals surface area contributed by atoms with E-state index in [2.05, 4.69) is 30.2 Å². The molecule has 0 aliphatic carbocycles. The van der Waals surface area contributed by atoms with Crippen LogP contribution in [-0.2, 0) is 11.3 Å². The SMILES string of the molecule is COc1c(C)cnc(CN2C(=O)/C(=C/c3cc(C(=O)NCCN4CCCC4)c[nH]3)c3c(Cl)nc(N)nc32)c1C. The maximum Gasteiger partial charge on any atom is 0.260 e. The van der Waals surface area contributed by atoms with Gasteiger partial charge < -0.3 is 25.7 Å². The van der Waals surface area contributed by atoms with Crippen molar-refractivity contribution in [1.29, 1.82) is 0 Å². The number of aryl methyl sites for hydroxylation is 1. The van der Waals surface area contributed by atoms with Gasteiger partial charge in [-0.3, -0.25) is 19.5 Å². The van der Waals surface area contributed by atoms with Gasteiger partial charge in [-0.2, -0.15) is 4.98 Å². The fourth-order valence-corrected chi connectivity index (χ4v) is 5.37. The van der Waals surface area contributed by atoms with Crippen molar-refractivity contribution in [3.05, 3.63) is 57.3 Å². The number of fused-ring (bicyclic) bond motifs is 1. The van der Waals surface area contributed by atoms with Crippen molar-refractivity contribution in [3.63, 3.8) is 0 Å². The molecule has 3 aromatic heterocycles. The van der Waals surface area contributed by atoms with Crippen molar-refractivity contribution in [3.8, 4) is 5.75 Å². The molecular formula is C27H31ClN8O3. The number of nitrogens with one attached hydrogen (secondary N) is 2. The Kier molecular flexibility index (Phi) is 7.53. The highest BCUT2D eigenvalue weighted by molar-refractivity contribution is 6.41. The number of amides is 2. The minimum Gasteiger partial charge on any atom is -0.496 e. The Balaban J connectivity index is 1.40. The number of likely N-dealkylation sites (tertiary alicyclic amines) is 1. The van der Waals surface area contributed by atoms with Crippen molar-refractivity contribution in [1.82, 2.24) is 30.2 Å². The number of aromatic nitrogens is 4. The van der Waals surface area contributed by atoms with Crippen molar-refractivity contribution in [2.75, 3.05) is 43.9 Å². The Labute approximate surface area is 231 Å². The number of ether oxygens (including phenoxy) is 1. The lowest BCUT2D eigenvalue weighted by atomic mass is 10.1. The summed E-state index contributed by atoms with van der Waals surface area (Å²) in [6.45, 7) is 7.50. The van der Waals surface area contributed by atoms with E-state index in [9.17, 15) is 9.59 Å². The summed E-state index contributed by atoms with van der Waals surface area (Å²) in [6, 6.07) is 1.69. The van der Waals surface area contributed by atoms with E-state index in [4.69, 9.17) is 22.1 Å². The largest absolute Gasteiger partial charge is 0.496 e. The number of carbonyl (C=O) groups is 2. The molecule has 12 heteroatoms. The van der Waals surface area contributed by atoms with Crippen LogP contribution in [0.15, 0.2) is 18.5 Å². The Morgan fingerprint density at radius 3 is 2.79 bits per heavy atom. The zero-order valence-corrected chi connectivity index (χ0v) is 22.9. The molecule has 204 valence electrons. The number of nitrogens with zero attached hydrogens (tertiary/aromatic N) is 5. The van der Waals surface area contributed by atoms with Crippen molar-refractivity contribution in [2.45, 2.75) is 33.2 Å². The first-order chi connectivity index (χ1) is 18.8. The van der Waals surface area contributed by atoms with Gasteiger partial charge in [0.1, 0.15) is 10.9 Å². The van der Waals surface area contributed by atoms with Crippen LogP contribution in [0.25, 0.3) is 11.6 Å². The van der Waals surface area contributed by atoms with Gasteiger partial charge in [0.15, 0.2) is 5.82 Å². The first kappa shape index (κ1) is 26.6. The number of hydrogen-bond acceptors (Lipinski definition) is 8. The summed E-state index contributed by atoms with van der Waals surface area (Å²) in [5.41, 5.74) is 9.95. The van der Waals surface area contributed by atoms with E-state index >= 15 is 0 Å². The Morgan fingerprint density at radius 1 is 1.28 bits per heavy atom. The molecule has 5 rings (SSSR count). The molecule has 2 aliphatic heterocycles. The summed E-state index contributed by atoms with van der Waals surface area (Å²) in [5, 5.41) is 3.02. The average Bonchev–Trinajstić information content (AvgIpc) is 3.64. The van der Waals surface area contributed by atoms with E-state index in [1.165, 1.54) is 17.7 Å². The molecule has 39 heavy (non-hydrogen) atoms. The predicted molar refractivity (Wildman–Crippen MR) is 150 cm³/mol. The standard InChI is InChI=1S/C27H31ClN8O3/c1-15-12-32-20(16(2)22(15)39-3)14-36-24-21(23(28)33-27(29)34-24)19(26(36)38)11-18-10-17(13-31-18)25(37)30-6-9-35-7-4-5-8-35/h10-13,31H,4-9,14H2,1-3H3,(H,30,37)(H2,29,33,34)/b19-11+. The number of halogens is 1. The summed E-state index contributed by atoms with van der Waals surface area (Å²) >= 11 is 6.47. The van der Waals surface area contributed by atoms with Gasteiger partial charge in [0.25, 0.3) is 11.8 Å². The van der Waals surface area contributed by atoms with E-state index in [0.29, 0.717) is 40.6 Å². The summed E-state index contributed by atoms with van der Waals surface area (Å²) in [4.78, 5) is 46.2. The third kappa shape index (κ3) is 5.32. The van der Waals surface area contributed by atoms with Crippen LogP contribution < -0.4 is 20.7 Å². The molecule has 1 saturated heterocycles. The summed E-state index contributed by atoms with van der Waals surface area (Å²) in [6.07, 6.45) is 7.38. The van der Waals surface area contributed by atoms with Crippen LogP contribution in [0.2, 0.25) is 5.15 Å². The van der Waals surface area contributed by atoms with Crippen molar-refractivity contribution in [2.24, 2.45) is 0 Å². The Bertz CT molecular complexity index is 1460. The smallest absolute Gasteiger partial charge is 0.260 e. The van der Waals surface area contributed by atoms with Crippen LogP contribution in [0, 0.1) is 13.8 Å². The third-order valence-corrected chi connectivity index (χ3v) is 7.37. The second kappa shape index (κ2) is 11.0. The maximum absolute atomic E-state index is 13.7. The number of methoxy groups -OCH3 is 1. The average molecular weight is 551 g/mol. The van der Waals surface area contributed by atoms with Crippen LogP contribution in [0.3, 0.4) is 0 Å². The molecular weight excluding hydrogens is 520 g/mol. The van der Waals surface area contributed by atoms with Gasteiger partial charge in [-0.25, -0.2) is 4.98 Å². The number of carbonyl (C=O) groups excluding carboxylic acids is 2. The third-order valence-electron chi connectivity index (χ3n) is 7.10. The minimum absolute atomic E-state index is 0.0447. The first-order valence-electron chi connectivity index (χ1n) is 12.8. The molecule has 0 radical (unpaired) electrons. The van der Waals surface area contributed by atoms with E-state index in [0.717, 1.165) is 30.8 Å². The lowest BCUT2D eigenvalue weighted by molar-refractivity contribution is -0.113. The number of H-pyrrole nitrogens is 1. The molecule has 0 aromatic carbocycles. The van der Waals surface area contributed by atoms with E-state index in [-0.39, 0.29) is 35.0 Å².